The van der Waals surface area contributed by atoms with E-state index in [0.717, 1.165) is 0 Å². The van der Waals surface area contributed by atoms with Crippen molar-refractivity contribution in [3.8, 4) is 23.0 Å². The van der Waals surface area contributed by atoms with Crippen LogP contribution in [0, 0.1) is 10.1 Å². The Kier molecular flexibility index (Phi) is 12.4. The first-order chi connectivity index (χ1) is 28.1. The van der Waals surface area contributed by atoms with Gasteiger partial charge in [-0.25, -0.2) is 4.79 Å². The van der Waals surface area contributed by atoms with E-state index >= 15 is 0 Å². The van der Waals surface area contributed by atoms with E-state index in [-0.39, 0.29) is 64.6 Å². The summed E-state index contributed by atoms with van der Waals surface area (Å²) in [7, 11) is 1.28. The van der Waals surface area contributed by atoms with Crippen molar-refractivity contribution in [2.45, 2.75) is 75.5 Å². The highest BCUT2D eigenvalue weighted by Gasteiger charge is 2.50. The zero-order valence-electron chi connectivity index (χ0n) is 31.5. The number of rotatable bonds is 14. The highest BCUT2D eigenvalue weighted by atomic mass is 16.7. The molecule has 0 saturated carbocycles. The Morgan fingerprint density at radius 2 is 1.88 bits per heavy atom. The molecule has 0 aromatic heterocycles. The lowest BCUT2D eigenvalue weighted by molar-refractivity contribution is -0.385. The molecule has 21 heteroatoms. The third kappa shape index (κ3) is 8.19. The molecule has 0 radical (unpaired) electrons. The van der Waals surface area contributed by atoms with Gasteiger partial charge in [0.05, 0.1) is 59.1 Å². The monoisotopic (exact) mass is 821 g/mol. The summed E-state index contributed by atoms with van der Waals surface area (Å²) >= 11 is 0. The van der Waals surface area contributed by atoms with E-state index in [9.17, 15) is 54.8 Å². The zero-order valence-corrected chi connectivity index (χ0v) is 31.5. The van der Waals surface area contributed by atoms with Crippen LogP contribution in [0.25, 0.3) is 10.4 Å². The van der Waals surface area contributed by atoms with E-state index < -0.39 is 113 Å². The lowest BCUT2D eigenvalue weighted by Gasteiger charge is -2.42. The van der Waals surface area contributed by atoms with Crippen LogP contribution in [0.5, 0.6) is 23.0 Å². The Morgan fingerprint density at radius 1 is 1.14 bits per heavy atom. The fraction of sp³-hybridized carbons (Fsp3) is 0.421. The lowest BCUT2D eigenvalue weighted by atomic mass is 9.72. The molecule has 0 spiro atoms. The van der Waals surface area contributed by atoms with E-state index in [4.69, 9.17) is 29.2 Å². The Balaban J connectivity index is 1.24. The molecular weight excluding hydrogens is 782 g/mol. The number of phenols is 2. The maximum atomic E-state index is 13.9. The molecule has 2 aliphatic carbocycles. The molecule has 1 heterocycles. The Labute approximate surface area is 333 Å². The van der Waals surface area contributed by atoms with Gasteiger partial charge in [-0.05, 0) is 37.1 Å². The summed E-state index contributed by atoms with van der Waals surface area (Å²) in [5.41, 5.74) is 3.59. The maximum Gasteiger partial charge on any atom is 0.407 e. The third-order valence-corrected chi connectivity index (χ3v) is 10.4. The van der Waals surface area contributed by atoms with Crippen molar-refractivity contribution in [1.29, 1.82) is 0 Å². The van der Waals surface area contributed by atoms with Gasteiger partial charge in [0.15, 0.2) is 17.9 Å². The van der Waals surface area contributed by atoms with Crippen molar-refractivity contribution < 1.29 is 73.3 Å². The van der Waals surface area contributed by atoms with E-state index in [1.54, 1.807) is 0 Å². The number of carbonyl (C=O) groups excluding carboxylic acids is 4. The summed E-state index contributed by atoms with van der Waals surface area (Å²) in [4.78, 5) is 67.3. The number of hydrogen-bond donors (Lipinski definition) is 6. The second-order valence-corrected chi connectivity index (χ2v) is 14.0. The number of ether oxygens (including phenoxy) is 5. The van der Waals surface area contributed by atoms with Crippen molar-refractivity contribution in [2.75, 3.05) is 26.9 Å². The number of amides is 1. The van der Waals surface area contributed by atoms with Crippen molar-refractivity contribution in [3.63, 3.8) is 0 Å². The fourth-order valence-corrected chi connectivity index (χ4v) is 7.51. The van der Waals surface area contributed by atoms with Crippen molar-refractivity contribution >= 4 is 29.1 Å². The van der Waals surface area contributed by atoms with Gasteiger partial charge in [0.25, 0.3) is 5.69 Å². The number of hydrogen-bond acceptors (Lipinski definition) is 17. The molecule has 1 saturated heterocycles. The standard InChI is InChI=1S/C38H39N5O16/c1-17-32(46)22(41-37(51)57-16-18-11-19(7-8-23(18)43(53)54)56-10-4-9-40-42-39)12-27(58-17)59-25-14-38(52,26(45)15-44)13-21-29(25)36(50)31-30(34(21)48)33(47)20-5-3-6-24(55-2)28(20)35(31)49/h3,5-8,11,17,22,25,27,32,44,46,48,50,52H,4,9-10,12-16H2,1-2H3,(H,41,51)/t17-,22-,25-,27-,32+,38-/m0/s1. The average molecular weight is 822 g/mol. The molecule has 3 aliphatic rings. The van der Waals surface area contributed by atoms with Crippen LogP contribution in [0.2, 0.25) is 0 Å². The second kappa shape index (κ2) is 17.2. The average Bonchev–Trinajstić information content (AvgIpc) is 3.21. The highest BCUT2D eigenvalue weighted by Crippen LogP contribution is 2.52. The van der Waals surface area contributed by atoms with Crippen LogP contribution in [-0.2, 0) is 32.0 Å². The van der Waals surface area contributed by atoms with Gasteiger partial charge in [-0.15, -0.1) is 0 Å². The quantitative estimate of drug-likeness (QED) is 0.0202. The number of Topliss-reactive ketones (excluding diaryl/α,β-unsaturated/α-hetero) is 1. The fourth-order valence-electron chi connectivity index (χ4n) is 7.51. The molecule has 3 aromatic carbocycles. The van der Waals surface area contributed by atoms with Crippen LogP contribution in [-0.4, -0.2) is 111 Å². The summed E-state index contributed by atoms with van der Waals surface area (Å²) in [5, 5.41) is 73.2. The predicted molar refractivity (Wildman–Crippen MR) is 198 cm³/mol. The first kappa shape index (κ1) is 42.3. The van der Waals surface area contributed by atoms with Gasteiger partial charge in [-0.1, -0.05) is 17.2 Å². The van der Waals surface area contributed by atoms with Gasteiger partial charge in [-0.3, -0.25) is 24.5 Å². The number of methoxy groups -OCH3 is 1. The van der Waals surface area contributed by atoms with Crippen LogP contribution in [0.3, 0.4) is 0 Å². The third-order valence-electron chi connectivity index (χ3n) is 10.4. The van der Waals surface area contributed by atoms with Crippen LogP contribution >= 0.6 is 0 Å². The largest absolute Gasteiger partial charge is 0.507 e. The van der Waals surface area contributed by atoms with E-state index in [1.165, 1.54) is 50.4 Å². The minimum atomic E-state index is -2.41. The van der Waals surface area contributed by atoms with E-state index in [1.807, 2.05) is 0 Å². The van der Waals surface area contributed by atoms with E-state index in [2.05, 4.69) is 15.3 Å². The van der Waals surface area contributed by atoms with Gasteiger partial charge in [-0.2, -0.15) is 0 Å². The number of alkyl carbamates (subject to hydrolysis) is 1. The van der Waals surface area contributed by atoms with Gasteiger partial charge < -0.3 is 54.5 Å². The molecule has 6 rings (SSSR count). The van der Waals surface area contributed by atoms with Gasteiger partial charge in [0.2, 0.25) is 5.78 Å². The van der Waals surface area contributed by atoms with Crippen molar-refractivity contribution in [2.24, 2.45) is 5.11 Å². The molecule has 6 atom stereocenters. The predicted octanol–water partition coefficient (Wildman–Crippen LogP) is 2.96. The van der Waals surface area contributed by atoms with Crippen LogP contribution in [0.4, 0.5) is 10.5 Å². The minimum Gasteiger partial charge on any atom is -0.507 e. The zero-order chi connectivity index (χ0) is 42.8. The number of benzene rings is 3. The van der Waals surface area contributed by atoms with Gasteiger partial charge >= 0.3 is 6.09 Å². The van der Waals surface area contributed by atoms with Crippen LogP contribution in [0.15, 0.2) is 41.5 Å². The molecule has 3 aromatic rings. The normalized spacial score (nSPS) is 23.2. The molecule has 6 N–H and O–H groups in total. The Bertz CT molecular complexity index is 2260. The number of nitro groups is 1. The number of aromatic hydroxyl groups is 2. The molecule has 1 amide bonds. The number of aliphatic hydroxyl groups is 3. The van der Waals surface area contributed by atoms with Gasteiger partial charge in [0, 0.05) is 53.5 Å². The highest BCUT2D eigenvalue weighted by molar-refractivity contribution is 6.31. The maximum absolute atomic E-state index is 13.9. The number of fused-ring (bicyclic) bond motifs is 3. The molecule has 1 aliphatic heterocycles. The second-order valence-electron chi connectivity index (χ2n) is 14.0. The summed E-state index contributed by atoms with van der Waals surface area (Å²) in [5.74, 6) is -4.15. The Morgan fingerprint density at radius 3 is 2.58 bits per heavy atom. The number of carbonyl (C=O) groups is 4. The van der Waals surface area contributed by atoms with Gasteiger partial charge in [0.1, 0.15) is 47.9 Å². The number of nitrogens with zero attached hydrogens (tertiary/aromatic N) is 4. The lowest BCUT2D eigenvalue weighted by Crippen LogP contribution is -2.56. The molecule has 21 nitrogen and oxygen atoms in total. The molecule has 1 fully saturated rings. The topological polar surface area (TPSA) is 320 Å². The molecule has 59 heavy (non-hydrogen) atoms. The van der Waals surface area contributed by atoms with Crippen molar-refractivity contribution in [1.82, 2.24) is 5.32 Å². The minimum absolute atomic E-state index is 0.0203. The molecule has 0 unspecified atom stereocenters. The van der Waals surface area contributed by atoms with Crippen molar-refractivity contribution in [3.05, 3.63) is 95.9 Å². The number of phenolic OH excluding ortho intramolecular Hbond substituents is 2. The van der Waals surface area contributed by atoms with Crippen LogP contribution < -0.4 is 14.8 Å². The summed E-state index contributed by atoms with van der Waals surface area (Å²) < 4.78 is 28.2. The first-order valence-corrected chi connectivity index (χ1v) is 18.2. The molecule has 312 valence electrons. The smallest absolute Gasteiger partial charge is 0.407 e. The SMILES string of the molecule is COc1cccc2c1C(=O)c1c(O)c3c(c(O)c1C2=O)C[C@@](O)(C(=O)CO)C[C@@H]3O[C@H]1C[C@H](NC(=O)OCc2cc(OCCCN=[N+]=[N-])ccc2[N+](=O)[O-])[C@H](O)[C@H](C)O1. The summed E-state index contributed by atoms with van der Waals surface area (Å²) in [6.45, 7) is 0.0289. The van der Waals surface area contributed by atoms with E-state index in [0.29, 0.717) is 6.42 Å². The Hall–Kier alpha value is -6.35. The number of nitro benzene ring substituents is 1. The number of ketones is 3. The summed E-state index contributed by atoms with van der Waals surface area (Å²) in [6.07, 6.45) is -7.75. The molecule has 0 bridgehead atoms. The number of aliphatic hydroxyl groups excluding tert-OH is 2. The number of azide groups is 1. The number of nitrogens with one attached hydrogen (secondary N) is 1. The molecular formula is C38H39N5O16. The summed E-state index contributed by atoms with van der Waals surface area (Å²) in [6, 6.07) is 6.89. The van der Waals surface area contributed by atoms with Crippen LogP contribution in [0.1, 0.15) is 80.8 Å². The first-order valence-electron chi connectivity index (χ1n) is 18.2.